The van der Waals surface area contributed by atoms with E-state index in [2.05, 4.69) is 5.16 Å². The fraction of sp³-hybridized carbons (Fsp3) is 0.462. The first-order valence-electron chi connectivity index (χ1n) is 6.19. The molecule has 1 aromatic carbocycles. The van der Waals surface area contributed by atoms with Crippen LogP contribution in [0.15, 0.2) is 23.4 Å². The molecular weight excluding hydrogens is 251 g/mol. The van der Waals surface area contributed by atoms with E-state index in [1.165, 1.54) is 12.1 Å². The summed E-state index contributed by atoms with van der Waals surface area (Å²) in [7, 11) is 0. The van der Waals surface area contributed by atoms with Gasteiger partial charge in [0.25, 0.3) is 0 Å². The Morgan fingerprint density at radius 1 is 1.47 bits per heavy atom. The number of benzene rings is 1. The Labute approximate surface area is 110 Å². The van der Waals surface area contributed by atoms with Crippen LogP contribution in [0.1, 0.15) is 18.4 Å². The summed E-state index contributed by atoms with van der Waals surface area (Å²) in [5.74, 6) is -0.182. The van der Waals surface area contributed by atoms with Crippen LogP contribution in [0, 0.1) is 11.7 Å². The molecule has 1 aliphatic heterocycles. The third-order valence-corrected chi connectivity index (χ3v) is 3.15. The molecule has 0 spiro atoms. The zero-order valence-corrected chi connectivity index (χ0v) is 10.5. The number of amidine groups is 1. The van der Waals surface area contributed by atoms with Crippen molar-refractivity contribution in [2.45, 2.75) is 12.8 Å². The smallest absolute Gasteiger partial charge is 0.176 e. The van der Waals surface area contributed by atoms with E-state index in [9.17, 15) is 4.39 Å². The highest BCUT2D eigenvalue weighted by molar-refractivity contribution is 5.99. The summed E-state index contributed by atoms with van der Waals surface area (Å²) in [4.78, 5) is 0. The number of hydrogen-bond acceptors (Lipinski definition) is 4. The van der Waals surface area contributed by atoms with Gasteiger partial charge in [-0.05, 0) is 30.9 Å². The molecule has 1 aliphatic rings. The van der Waals surface area contributed by atoms with Gasteiger partial charge in [0.1, 0.15) is 11.6 Å². The highest BCUT2D eigenvalue weighted by Crippen LogP contribution is 2.23. The second kappa shape index (κ2) is 6.38. The molecule has 104 valence electrons. The number of oxime groups is 1. The minimum atomic E-state index is -0.570. The van der Waals surface area contributed by atoms with Crippen LogP contribution in [-0.2, 0) is 4.74 Å². The van der Waals surface area contributed by atoms with Gasteiger partial charge in [0.2, 0.25) is 0 Å². The van der Waals surface area contributed by atoms with Gasteiger partial charge < -0.3 is 20.4 Å². The average Bonchev–Trinajstić information content (AvgIpc) is 2.45. The average molecular weight is 268 g/mol. The van der Waals surface area contributed by atoms with Crippen molar-refractivity contribution in [1.82, 2.24) is 0 Å². The second-order valence-corrected chi connectivity index (χ2v) is 4.46. The Balaban J connectivity index is 2.09. The molecule has 3 N–H and O–H groups in total. The molecule has 1 aromatic rings. The maximum atomic E-state index is 13.7. The van der Waals surface area contributed by atoms with Gasteiger partial charge in [-0.25, -0.2) is 4.39 Å². The van der Waals surface area contributed by atoms with Gasteiger partial charge in [-0.2, -0.15) is 0 Å². The predicted octanol–water partition coefficient (Wildman–Crippen LogP) is 1.73. The minimum Gasteiger partial charge on any atom is -0.492 e. The lowest BCUT2D eigenvalue weighted by molar-refractivity contribution is 0.0497. The van der Waals surface area contributed by atoms with Crippen molar-refractivity contribution in [1.29, 1.82) is 0 Å². The largest absolute Gasteiger partial charge is 0.492 e. The van der Waals surface area contributed by atoms with E-state index in [0.29, 0.717) is 18.3 Å². The topological polar surface area (TPSA) is 77.1 Å². The Morgan fingerprint density at radius 3 is 2.89 bits per heavy atom. The van der Waals surface area contributed by atoms with Gasteiger partial charge >= 0.3 is 0 Å². The van der Waals surface area contributed by atoms with Gasteiger partial charge in [-0.1, -0.05) is 11.2 Å². The summed E-state index contributed by atoms with van der Waals surface area (Å²) < 4.78 is 24.6. The lowest BCUT2D eigenvalue weighted by Gasteiger charge is -2.22. The van der Waals surface area contributed by atoms with Crippen molar-refractivity contribution in [3.05, 3.63) is 29.6 Å². The lowest BCUT2D eigenvalue weighted by Crippen LogP contribution is -2.23. The third-order valence-electron chi connectivity index (χ3n) is 3.15. The zero-order valence-electron chi connectivity index (χ0n) is 10.5. The molecule has 0 aliphatic carbocycles. The monoisotopic (exact) mass is 268 g/mol. The van der Waals surface area contributed by atoms with Gasteiger partial charge in [-0.3, -0.25) is 0 Å². The SMILES string of the molecule is NC(=NO)c1c(F)cccc1OCC1CCOCC1. The normalized spacial score (nSPS) is 17.4. The highest BCUT2D eigenvalue weighted by Gasteiger charge is 2.18. The first kappa shape index (κ1) is 13.6. The molecule has 0 aromatic heterocycles. The summed E-state index contributed by atoms with van der Waals surface area (Å²) in [5.41, 5.74) is 5.46. The summed E-state index contributed by atoms with van der Waals surface area (Å²) in [6, 6.07) is 4.38. The van der Waals surface area contributed by atoms with E-state index >= 15 is 0 Å². The van der Waals surface area contributed by atoms with Crippen molar-refractivity contribution in [2.24, 2.45) is 16.8 Å². The Kier molecular flexibility index (Phi) is 4.57. The van der Waals surface area contributed by atoms with Gasteiger partial charge in [0.15, 0.2) is 5.84 Å². The van der Waals surface area contributed by atoms with Gasteiger partial charge in [0.05, 0.1) is 12.2 Å². The fourth-order valence-corrected chi connectivity index (χ4v) is 2.04. The molecule has 0 saturated carbocycles. The van der Waals surface area contributed by atoms with Crippen molar-refractivity contribution in [3.63, 3.8) is 0 Å². The number of hydrogen-bond donors (Lipinski definition) is 2. The summed E-state index contributed by atoms with van der Waals surface area (Å²) >= 11 is 0. The standard InChI is InChI=1S/C13H17FN2O3/c14-10-2-1-3-11(12(10)13(15)16-17)19-8-9-4-6-18-7-5-9/h1-3,9,17H,4-8H2,(H2,15,16). The molecule has 0 atom stereocenters. The van der Waals surface area contributed by atoms with Crippen molar-refractivity contribution in [3.8, 4) is 5.75 Å². The van der Waals surface area contributed by atoms with E-state index in [0.717, 1.165) is 26.1 Å². The van der Waals surface area contributed by atoms with Crippen molar-refractivity contribution < 1.29 is 19.1 Å². The predicted molar refractivity (Wildman–Crippen MR) is 67.9 cm³/mol. The Bertz CT molecular complexity index is 459. The molecule has 2 rings (SSSR count). The quantitative estimate of drug-likeness (QED) is 0.377. The molecule has 5 nitrogen and oxygen atoms in total. The van der Waals surface area contributed by atoms with Crippen molar-refractivity contribution in [2.75, 3.05) is 19.8 Å². The number of ether oxygens (including phenoxy) is 2. The number of nitrogens with zero attached hydrogens (tertiary/aromatic N) is 1. The maximum absolute atomic E-state index is 13.7. The number of rotatable bonds is 4. The van der Waals surface area contributed by atoms with Crippen LogP contribution >= 0.6 is 0 Å². The molecule has 0 radical (unpaired) electrons. The summed E-state index contributed by atoms with van der Waals surface area (Å²) in [6.07, 6.45) is 1.85. The Hall–Kier alpha value is -1.82. The molecular formula is C13H17FN2O3. The van der Waals surface area contributed by atoms with E-state index in [4.69, 9.17) is 20.4 Å². The fourth-order valence-electron chi connectivity index (χ4n) is 2.04. The van der Waals surface area contributed by atoms with E-state index < -0.39 is 5.82 Å². The molecule has 19 heavy (non-hydrogen) atoms. The van der Waals surface area contributed by atoms with E-state index in [1.54, 1.807) is 6.07 Å². The molecule has 1 fully saturated rings. The van der Waals surface area contributed by atoms with Crippen molar-refractivity contribution >= 4 is 5.84 Å². The van der Waals surface area contributed by atoms with Crippen LogP contribution < -0.4 is 10.5 Å². The van der Waals surface area contributed by atoms with Crippen LogP contribution in [0.25, 0.3) is 0 Å². The van der Waals surface area contributed by atoms with Gasteiger partial charge in [-0.15, -0.1) is 0 Å². The van der Waals surface area contributed by atoms with Crippen LogP contribution in [0.3, 0.4) is 0 Å². The summed E-state index contributed by atoms with van der Waals surface area (Å²) in [6.45, 7) is 1.92. The minimum absolute atomic E-state index is 0.00272. The zero-order chi connectivity index (χ0) is 13.7. The molecule has 0 bridgehead atoms. The van der Waals surface area contributed by atoms with E-state index in [-0.39, 0.29) is 11.4 Å². The number of halogens is 1. The molecule has 6 heteroatoms. The van der Waals surface area contributed by atoms with Crippen LogP contribution in [-0.4, -0.2) is 30.9 Å². The third kappa shape index (κ3) is 3.35. The number of nitrogens with two attached hydrogens (primary N) is 1. The van der Waals surface area contributed by atoms with Crippen LogP contribution in [0.4, 0.5) is 4.39 Å². The first-order chi connectivity index (χ1) is 9.22. The molecule has 0 amide bonds. The second-order valence-electron chi connectivity index (χ2n) is 4.46. The molecule has 0 unspecified atom stereocenters. The maximum Gasteiger partial charge on any atom is 0.176 e. The molecule has 1 saturated heterocycles. The molecule has 1 heterocycles. The summed E-state index contributed by atoms with van der Waals surface area (Å²) in [5, 5.41) is 11.5. The highest BCUT2D eigenvalue weighted by atomic mass is 19.1. The van der Waals surface area contributed by atoms with Gasteiger partial charge in [0, 0.05) is 13.2 Å². The van der Waals surface area contributed by atoms with Crippen LogP contribution in [0.5, 0.6) is 5.75 Å². The van der Waals surface area contributed by atoms with Crippen LogP contribution in [0.2, 0.25) is 0 Å². The van der Waals surface area contributed by atoms with E-state index in [1.807, 2.05) is 0 Å². The Morgan fingerprint density at radius 2 is 2.21 bits per heavy atom. The lowest BCUT2D eigenvalue weighted by atomic mass is 10.0. The first-order valence-corrected chi connectivity index (χ1v) is 6.19.